The summed E-state index contributed by atoms with van der Waals surface area (Å²) in [5, 5.41) is 11.6. The zero-order valence-electron chi connectivity index (χ0n) is 18.4. The number of fused-ring (bicyclic) bond motifs is 1. The van der Waals surface area contributed by atoms with Gasteiger partial charge in [-0.25, -0.2) is 0 Å². The van der Waals surface area contributed by atoms with Gasteiger partial charge in [-0.3, -0.25) is 9.59 Å². The zero-order chi connectivity index (χ0) is 23.1. The first-order chi connectivity index (χ1) is 15.1. The smallest absolute Gasteiger partial charge is 0.264 e. The Morgan fingerprint density at radius 3 is 2.28 bits per heavy atom. The lowest BCUT2D eigenvalue weighted by molar-refractivity contribution is -0.136. The summed E-state index contributed by atoms with van der Waals surface area (Å²) >= 11 is 3.44. The number of rotatable bonds is 5. The summed E-state index contributed by atoms with van der Waals surface area (Å²) in [4.78, 5) is 28.2. The van der Waals surface area contributed by atoms with Crippen molar-refractivity contribution in [1.29, 1.82) is 0 Å². The summed E-state index contributed by atoms with van der Waals surface area (Å²) in [5.74, 6) is -0.747. The van der Waals surface area contributed by atoms with E-state index >= 15 is 0 Å². The van der Waals surface area contributed by atoms with E-state index in [1.54, 1.807) is 29.2 Å². The van der Waals surface area contributed by atoms with Crippen LogP contribution < -0.4 is 4.90 Å². The molecule has 164 valence electrons. The fraction of sp³-hybridized carbons (Fsp3) is 0.259. The van der Waals surface area contributed by atoms with Crippen LogP contribution in [0.1, 0.15) is 54.2 Å². The second kappa shape index (κ2) is 8.30. The number of halogens is 1. The number of hydrogen-bond acceptors (Lipinski definition) is 3. The lowest BCUT2D eigenvalue weighted by atomic mass is 9.85. The van der Waals surface area contributed by atoms with E-state index in [2.05, 4.69) is 36.7 Å². The van der Waals surface area contributed by atoms with E-state index in [9.17, 15) is 14.7 Å². The molecule has 1 amide bonds. The fourth-order valence-electron chi connectivity index (χ4n) is 4.11. The molecule has 5 heteroatoms. The Morgan fingerprint density at radius 1 is 1.00 bits per heavy atom. The minimum Gasteiger partial charge on any atom is -0.375 e. The van der Waals surface area contributed by atoms with Crippen LogP contribution in [0.25, 0.3) is 0 Å². The van der Waals surface area contributed by atoms with Gasteiger partial charge in [-0.05, 0) is 34.7 Å². The van der Waals surface area contributed by atoms with Crippen molar-refractivity contribution in [2.24, 2.45) is 0 Å². The maximum absolute atomic E-state index is 13.5. The number of amides is 1. The first kappa shape index (κ1) is 22.4. The Hall–Kier alpha value is -2.76. The molecule has 0 spiro atoms. The molecule has 32 heavy (non-hydrogen) atoms. The molecule has 4 rings (SSSR count). The Kier molecular flexibility index (Phi) is 5.82. The van der Waals surface area contributed by atoms with Crippen molar-refractivity contribution in [3.63, 3.8) is 0 Å². The van der Waals surface area contributed by atoms with E-state index in [-0.39, 0.29) is 17.6 Å². The van der Waals surface area contributed by atoms with Crippen molar-refractivity contribution in [3.8, 4) is 0 Å². The highest BCUT2D eigenvalue weighted by Crippen LogP contribution is 2.44. The Bertz CT molecular complexity index is 1170. The standard InChI is InChI=1S/C27H26BrNO3/c1-26(2,3)20-11-9-19(10-12-20)24(30)16-27(32)22-15-21(28)13-14-23(22)29(25(27)31)17-18-7-5-4-6-8-18/h4-15,32H,16-17H2,1-3H3/t27-/m0/s1. The third-order valence-corrected chi connectivity index (χ3v) is 6.46. The van der Waals surface area contributed by atoms with Crippen LogP contribution in [0.5, 0.6) is 0 Å². The van der Waals surface area contributed by atoms with Gasteiger partial charge in [0.25, 0.3) is 5.91 Å². The van der Waals surface area contributed by atoms with Gasteiger partial charge in [0.15, 0.2) is 11.4 Å². The molecule has 0 aromatic heterocycles. The van der Waals surface area contributed by atoms with Gasteiger partial charge in [0.2, 0.25) is 0 Å². The number of carbonyl (C=O) groups is 2. The second-order valence-corrected chi connectivity index (χ2v) is 10.2. The number of Topliss-reactive ketones (excluding diaryl/α,β-unsaturated/α-hetero) is 1. The number of ketones is 1. The number of aliphatic hydroxyl groups is 1. The molecule has 1 aliphatic heterocycles. The number of benzene rings is 3. The third-order valence-electron chi connectivity index (χ3n) is 5.97. The Labute approximate surface area is 197 Å². The molecule has 1 aliphatic rings. The topological polar surface area (TPSA) is 57.6 Å². The summed E-state index contributed by atoms with van der Waals surface area (Å²) in [7, 11) is 0. The van der Waals surface area contributed by atoms with Crippen LogP contribution in [0.4, 0.5) is 5.69 Å². The van der Waals surface area contributed by atoms with E-state index in [4.69, 9.17) is 0 Å². The quantitative estimate of drug-likeness (QED) is 0.462. The van der Waals surface area contributed by atoms with Gasteiger partial charge in [-0.2, -0.15) is 0 Å². The van der Waals surface area contributed by atoms with Gasteiger partial charge < -0.3 is 10.0 Å². The highest BCUT2D eigenvalue weighted by atomic mass is 79.9. The lowest BCUT2D eigenvalue weighted by Crippen LogP contribution is -2.41. The first-order valence-electron chi connectivity index (χ1n) is 10.6. The Morgan fingerprint density at radius 2 is 1.66 bits per heavy atom. The van der Waals surface area contributed by atoms with E-state index in [0.29, 0.717) is 23.4 Å². The summed E-state index contributed by atoms with van der Waals surface area (Å²) in [6.45, 7) is 6.66. The van der Waals surface area contributed by atoms with Gasteiger partial charge in [0.1, 0.15) is 0 Å². The summed E-state index contributed by atoms with van der Waals surface area (Å²) in [6, 6.07) is 22.4. The summed E-state index contributed by atoms with van der Waals surface area (Å²) in [5.41, 5.74) is 1.69. The number of hydrogen-bond donors (Lipinski definition) is 1. The van der Waals surface area contributed by atoms with Gasteiger partial charge in [0, 0.05) is 15.6 Å². The molecule has 0 saturated carbocycles. The van der Waals surface area contributed by atoms with Gasteiger partial charge in [-0.1, -0.05) is 91.3 Å². The lowest BCUT2D eigenvalue weighted by Gasteiger charge is -2.23. The number of anilines is 1. The van der Waals surface area contributed by atoms with Crippen LogP contribution in [-0.4, -0.2) is 16.8 Å². The summed E-state index contributed by atoms with van der Waals surface area (Å²) < 4.78 is 0.742. The minimum atomic E-state index is -1.91. The van der Waals surface area contributed by atoms with Gasteiger partial charge in [0.05, 0.1) is 18.7 Å². The third kappa shape index (κ3) is 4.15. The highest BCUT2D eigenvalue weighted by Gasteiger charge is 2.51. The zero-order valence-corrected chi connectivity index (χ0v) is 20.0. The summed E-state index contributed by atoms with van der Waals surface area (Å²) in [6.07, 6.45) is -0.310. The number of nitrogens with zero attached hydrogens (tertiary/aromatic N) is 1. The molecule has 1 N–H and O–H groups in total. The van der Waals surface area contributed by atoms with Crippen LogP contribution in [0.3, 0.4) is 0 Å². The molecule has 0 fully saturated rings. The second-order valence-electron chi connectivity index (χ2n) is 9.33. The van der Waals surface area contributed by atoms with Crippen molar-refractivity contribution in [1.82, 2.24) is 0 Å². The average Bonchev–Trinajstić information content (AvgIpc) is 2.95. The normalized spacial score (nSPS) is 18.0. The minimum absolute atomic E-state index is 0.0235. The van der Waals surface area contributed by atoms with Crippen molar-refractivity contribution >= 4 is 33.3 Å². The highest BCUT2D eigenvalue weighted by molar-refractivity contribution is 9.10. The molecule has 4 nitrogen and oxygen atoms in total. The number of carbonyl (C=O) groups excluding carboxylic acids is 2. The molecule has 1 atom stereocenters. The average molecular weight is 492 g/mol. The van der Waals surface area contributed by atoms with Crippen molar-refractivity contribution in [3.05, 3.63) is 99.5 Å². The Balaban J connectivity index is 1.66. The van der Waals surface area contributed by atoms with Gasteiger partial charge in [-0.15, -0.1) is 0 Å². The molecule has 0 bridgehead atoms. The van der Waals surface area contributed by atoms with E-state index in [0.717, 1.165) is 15.6 Å². The first-order valence-corrected chi connectivity index (χ1v) is 11.4. The molecule has 3 aromatic rings. The maximum atomic E-state index is 13.5. The van der Waals surface area contributed by atoms with Gasteiger partial charge >= 0.3 is 0 Å². The predicted octanol–water partition coefficient (Wildman–Crippen LogP) is 5.75. The van der Waals surface area contributed by atoms with E-state index < -0.39 is 11.5 Å². The van der Waals surface area contributed by atoms with Crippen molar-refractivity contribution in [2.45, 2.75) is 44.8 Å². The maximum Gasteiger partial charge on any atom is 0.264 e. The molecule has 1 heterocycles. The molecule has 0 unspecified atom stereocenters. The van der Waals surface area contributed by atoms with Crippen LogP contribution in [0, 0.1) is 0 Å². The van der Waals surface area contributed by atoms with Crippen LogP contribution in [-0.2, 0) is 22.4 Å². The molecular weight excluding hydrogens is 466 g/mol. The van der Waals surface area contributed by atoms with E-state index in [1.165, 1.54) is 0 Å². The van der Waals surface area contributed by atoms with Crippen molar-refractivity contribution in [2.75, 3.05) is 4.90 Å². The SMILES string of the molecule is CC(C)(C)c1ccc(C(=O)C[C@@]2(O)C(=O)N(Cc3ccccc3)c3ccc(Br)cc32)cc1. The molecule has 0 radical (unpaired) electrons. The monoisotopic (exact) mass is 491 g/mol. The van der Waals surface area contributed by atoms with Crippen LogP contribution >= 0.6 is 15.9 Å². The fourth-order valence-corrected chi connectivity index (χ4v) is 4.47. The van der Waals surface area contributed by atoms with E-state index in [1.807, 2.05) is 48.5 Å². The van der Waals surface area contributed by atoms with Crippen molar-refractivity contribution < 1.29 is 14.7 Å². The molecule has 0 saturated heterocycles. The van der Waals surface area contributed by atoms with Crippen LogP contribution in [0.15, 0.2) is 77.3 Å². The molecular formula is C27H26BrNO3. The molecule has 3 aromatic carbocycles. The molecule has 0 aliphatic carbocycles. The largest absolute Gasteiger partial charge is 0.375 e. The predicted molar refractivity (Wildman–Crippen MR) is 130 cm³/mol. The van der Waals surface area contributed by atoms with Crippen LogP contribution in [0.2, 0.25) is 0 Å².